The summed E-state index contributed by atoms with van der Waals surface area (Å²) in [7, 11) is 0. The lowest BCUT2D eigenvalue weighted by atomic mass is 10.1. The van der Waals surface area contributed by atoms with Crippen molar-refractivity contribution in [1.29, 1.82) is 0 Å². The highest BCUT2D eigenvalue weighted by molar-refractivity contribution is 5.46. The molecule has 0 atom stereocenters. The van der Waals surface area contributed by atoms with Gasteiger partial charge in [-0.3, -0.25) is 0 Å². The first-order chi connectivity index (χ1) is 7.01. The van der Waals surface area contributed by atoms with Crippen molar-refractivity contribution in [3.05, 3.63) is 29.8 Å². The van der Waals surface area contributed by atoms with E-state index < -0.39 is 5.92 Å². The SMILES string of the molecule is CC(F)(F)CNc1cccc(CCN)c1. The van der Waals surface area contributed by atoms with Crippen molar-refractivity contribution in [2.24, 2.45) is 5.73 Å². The average molecular weight is 214 g/mol. The summed E-state index contributed by atoms with van der Waals surface area (Å²) in [5, 5.41) is 2.69. The maximum absolute atomic E-state index is 12.6. The molecule has 1 aromatic carbocycles. The third-order valence-electron chi connectivity index (χ3n) is 1.96. The number of hydrogen-bond donors (Lipinski definition) is 2. The lowest BCUT2D eigenvalue weighted by molar-refractivity contribution is 0.0368. The van der Waals surface area contributed by atoms with Gasteiger partial charge in [0.05, 0.1) is 6.54 Å². The van der Waals surface area contributed by atoms with E-state index in [9.17, 15) is 8.78 Å². The molecule has 15 heavy (non-hydrogen) atoms. The highest BCUT2D eigenvalue weighted by Crippen LogP contribution is 2.15. The minimum atomic E-state index is -2.69. The number of nitrogens with two attached hydrogens (primary N) is 1. The van der Waals surface area contributed by atoms with Crippen LogP contribution in [0.25, 0.3) is 0 Å². The van der Waals surface area contributed by atoms with E-state index in [2.05, 4.69) is 5.32 Å². The van der Waals surface area contributed by atoms with Crippen LogP contribution in [0.2, 0.25) is 0 Å². The first kappa shape index (κ1) is 11.9. The number of nitrogens with one attached hydrogen (secondary N) is 1. The zero-order chi connectivity index (χ0) is 11.3. The summed E-state index contributed by atoms with van der Waals surface area (Å²) in [5.41, 5.74) is 7.18. The molecule has 0 aromatic heterocycles. The Kier molecular flexibility index (Phi) is 4.03. The van der Waals surface area contributed by atoms with Crippen LogP contribution < -0.4 is 11.1 Å². The number of halogens is 2. The number of benzene rings is 1. The quantitative estimate of drug-likeness (QED) is 0.789. The van der Waals surface area contributed by atoms with Crippen molar-refractivity contribution >= 4 is 5.69 Å². The topological polar surface area (TPSA) is 38.0 Å². The van der Waals surface area contributed by atoms with Gasteiger partial charge in [-0.1, -0.05) is 12.1 Å². The molecule has 0 saturated carbocycles. The standard InChI is InChI=1S/C11H16F2N2/c1-11(12,13)8-15-10-4-2-3-9(7-10)5-6-14/h2-4,7,15H,5-6,8,14H2,1H3. The summed E-state index contributed by atoms with van der Waals surface area (Å²) in [6.45, 7) is 1.11. The normalized spacial score (nSPS) is 11.5. The molecule has 4 heteroatoms. The van der Waals surface area contributed by atoms with E-state index in [-0.39, 0.29) is 6.54 Å². The molecule has 0 bridgehead atoms. The van der Waals surface area contributed by atoms with Crippen LogP contribution in [-0.2, 0) is 6.42 Å². The van der Waals surface area contributed by atoms with Crippen molar-refractivity contribution in [3.63, 3.8) is 0 Å². The fraction of sp³-hybridized carbons (Fsp3) is 0.455. The van der Waals surface area contributed by atoms with Crippen molar-refractivity contribution in [2.75, 3.05) is 18.4 Å². The van der Waals surface area contributed by atoms with Gasteiger partial charge >= 0.3 is 0 Å². The highest BCUT2D eigenvalue weighted by atomic mass is 19.3. The van der Waals surface area contributed by atoms with Crippen molar-refractivity contribution in [3.8, 4) is 0 Å². The predicted octanol–water partition coefficient (Wildman–Crippen LogP) is 2.25. The molecule has 3 N–H and O–H groups in total. The van der Waals surface area contributed by atoms with E-state index in [0.29, 0.717) is 12.2 Å². The van der Waals surface area contributed by atoms with Gasteiger partial charge in [0, 0.05) is 12.6 Å². The molecule has 0 heterocycles. The number of rotatable bonds is 5. The van der Waals surface area contributed by atoms with E-state index >= 15 is 0 Å². The molecule has 0 radical (unpaired) electrons. The molecule has 0 aliphatic rings. The van der Waals surface area contributed by atoms with Gasteiger partial charge in [0.15, 0.2) is 0 Å². The molecule has 0 amide bonds. The Labute approximate surface area is 88.5 Å². The molecule has 2 nitrogen and oxygen atoms in total. The van der Waals surface area contributed by atoms with Crippen molar-refractivity contribution in [2.45, 2.75) is 19.3 Å². The van der Waals surface area contributed by atoms with Crippen LogP contribution in [0.4, 0.5) is 14.5 Å². The monoisotopic (exact) mass is 214 g/mol. The van der Waals surface area contributed by atoms with E-state index in [1.807, 2.05) is 18.2 Å². The van der Waals surface area contributed by atoms with E-state index in [1.165, 1.54) is 0 Å². The van der Waals surface area contributed by atoms with Gasteiger partial charge < -0.3 is 11.1 Å². The molecule has 1 rings (SSSR count). The second-order valence-electron chi connectivity index (χ2n) is 3.66. The average Bonchev–Trinajstić information content (AvgIpc) is 2.15. The van der Waals surface area contributed by atoms with Crippen LogP contribution >= 0.6 is 0 Å². The van der Waals surface area contributed by atoms with Crippen LogP contribution in [0, 0.1) is 0 Å². The third kappa shape index (κ3) is 4.74. The van der Waals surface area contributed by atoms with Crippen LogP contribution in [0.1, 0.15) is 12.5 Å². The van der Waals surface area contributed by atoms with E-state index in [1.54, 1.807) is 6.07 Å². The summed E-state index contributed by atoms with van der Waals surface area (Å²) < 4.78 is 25.1. The molecule has 0 spiro atoms. The minimum absolute atomic E-state index is 0.348. The molecule has 0 fully saturated rings. The Morgan fingerprint density at radius 1 is 1.40 bits per heavy atom. The Hall–Kier alpha value is -1.16. The van der Waals surface area contributed by atoms with Gasteiger partial charge in [0.1, 0.15) is 0 Å². The van der Waals surface area contributed by atoms with Gasteiger partial charge in [0.25, 0.3) is 5.92 Å². The van der Waals surface area contributed by atoms with Gasteiger partial charge in [-0.15, -0.1) is 0 Å². The minimum Gasteiger partial charge on any atom is -0.379 e. The van der Waals surface area contributed by atoms with Gasteiger partial charge in [-0.05, 0) is 30.7 Å². The Morgan fingerprint density at radius 3 is 2.73 bits per heavy atom. The third-order valence-corrected chi connectivity index (χ3v) is 1.96. The summed E-state index contributed by atoms with van der Waals surface area (Å²) in [4.78, 5) is 0. The molecule has 0 aliphatic heterocycles. The molecule has 84 valence electrons. The number of hydrogen-bond acceptors (Lipinski definition) is 2. The maximum Gasteiger partial charge on any atom is 0.262 e. The van der Waals surface area contributed by atoms with E-state index in [0.717, 1.165) is 18.9 Å². The van der Waals surface area contributed by atoms with Crippen LogP contribution in [-0.4, -0.2) is 19.0 Å². The fourth-order valence-electron chi connectivity index (χ4n) is 1.26. The lowest BCUT2D eigenvalue weighted by Gasteiger charge is -2.13. The molecule has 0 saturated heterocycles. The number of anilines is 1. The lowest BCUT2D eigenvalue weighted by Crippen LogP contribution is -2.22. The molecule has 0 aliphatic carbocycles. The molecule has 0 unspecified atom stereocenters. The summed E-state index contributed by atoms with van der Waals surface area (Å²) in [6.07, 6.45) is 0.762. The first-order valence-corrected chi connectivity index (χ1v) is 4.92. The zero-order valence-electron chi connectivity index (χ0n) is 8.76. The van der Waals surface area contributed by atoms with Crippen LogP contribution in [0.15, 0.2) is 24.3 Å². The summed E-state index contributed by atoms with van der Waals surface area (Å²) >= 11 is 0. The second-order valence-corrected chi connectivity index (χ2v) is 3.66. The maximum atomic E-state index is 12.6. The Morgan fingerprint density at radius 2 is 2.13 bits per heavy atom. The Balaban J connectivity index is 2.57. The summed E-state index contributed by atoms with van der Waals surface area (Å²) in [6, 6.07) is 7.38. The molecular weight excluding hydrogens is 198 g/mol. The van der Waals surface area contributed by atoms with Crippen LogP contribution in [0.3, 0.4) is 0 Å². The van der Waals surface area contributed by atoms with Crippen molar-refractivity contribution in [1.82, 2.24) is 0 Å². The number of alkyl halides is 2. The highest BCUT2D eigenvalue weighted by Gasteiger charge is 2.20. The summed E-state index contributed by atoms with van der Waals surface area (Å²) in [5.74, 6) is -2.69. The first-order valence-electron chi connectivity index (χ1n) is 4.92. The van der Waals surface area contributed by atoms with Gasteiger partial charge in [0.2, 0.25) is 0 Å². The molecular formula is C11H16F2N2. The van der Waals surface area contributed by atoms with Crippen molar-refractivity contribution < 1.29 is 8.78 Å². The fourth-order valence-corrected chi connectivity index (χ4v) is 1.26. The zero-order valence-corrected chi connectivity index (χ0v) is 8.76. The van der Waals surface area contributed by atoms with Crippen LogP contribution in [0.5, 0.6) is 0 Å². The molecule has 1 aromatic rings. The Bertz CT molecular complexity index is 308. The largest absolute Gasteiger partial charge is 0.379 e. The second kappa shape index (κ2) is 5.07. The van der Waals surface area contributed by atoms with E-state index in [4.69, 9.17) is 5.73 Å². The predicted molar refractivity (Wildman–Crippen MR) is 58.3 cm³/mol. The smallest absolute Gasteiger partial charge is 0.262 e. The van der Waals surface area contributed by atoms with Gasteiger partial charge in [-0.2, -0.15) is 0 Å². The van der Waals surface area contributed by atoms with Gasteiger partial charge in [-0.25, -0.2) is 8.78 Å².